The number of H-pyrrole nitrogens is 1. The van der Waals surface area contributed by atoms with Crippen molar-refractivity contribution in [3.63, 3.8) is 0 Å². The summed E-state index contributed by atoms with van der Waals surface area (Å²) in [6, 6.07) is 17.4. The molecular weight excluding hydrogens is 370 g/mol. The van der Waals surface area contributed by atoms with Crippen LogP contribution < -0.4 is 9.47 Å². The third kappa shape index (κ3) is 4.09. The first-order valence-electron chi connectivity index (χ1n) is 9.48. The minimum absolute atomic E-state index is 0.215. The van der Waals surface area contributed by atoms with Gasteiger partial charge in [0.15, 0.2) is 0 Å². The molecule has 2 unspecified atom stereocenters. The average Bonchev–Trinajstić information content (AvgIpc) is 3.70. The van der Waals surface area contributed by atoms with E-state index in [9.17, 15) is 5.26 Å². The van der Waals surface area contributed by atoms with Gasteiger partial charge in [-0.3, -0.25) is 5.10 Å². The molecule has 7 heteroatoms. The Morgan fingerprint density at radius 3 is 1.90 bits per heavy atom. The Labute approximate surface area is 167 Å². The number of nitrogens with zero attached hydrogens (tertiary/aromatic N) is 2. The Morgan fingerprint density at radius 1 is 0.897 bits per heavy atom. The predicted octanol–water partition coefficient (Wildman–Crippen LogP) is 3.17. The Balaban J connectivity index is 1.33. The van der Waals surface area contributed by atoms with Crippen LogP contribution in [-0.4, -0.2) is 48.8 Å². The van der Waals surface area contributed by atoms with Gasteiger partial charge in [0.05, 0.1) is 18.9 Å². The second-order valence-electron chi connectivity index (χ2n) is 7.02. The smallest absolute Gasteiger partial charge is 0.119 e. The molecule has 2 saturated heterocycles. The van der Waals surface area contributed by atoms with Crippen molar-refractivity contribution in [2.45, 2.75) is 12.2 Å². The number of benzene rings is 2. The summed E-state index contributed by atoms with van der Waals surface area (Å²) in [7, 11) is 0. The molecule has 3 heterocycles. The SMILES string of the molecule is N#Cc1c(-c2ccc(OCC3CO3)cc2)n[nH]c1-c1ccc(OCC2CO2)cc1. The molecular formula is C22H19N3O4. The number of hydrogen-bond donors (Lipinski definition) is 1. The maximum absolute atomic E-state index is 9.74. The summed E-state index contributed by atoms with van der Waals surface area (Å²) in [6.45, 7) is 2.65. The lowest BCUT2D eigenvalue weighted by Crippen LogP contribution is -2.03. The lowest BCUT2D eigenvalue weighted by atomic mass is 10.0. The summed E-state index contributed by atoms with van der Waals surface area (Å²) < 4.78 is 21.6. The molecule has 1 N–H and O–H groups in total. The molecule has 146 valence electrons. The normalized spacial score (nSPS) is 19.4. The number of epoxide rings is 2. The zero-order valence-corrected chi connectivity index (χ0v) is 15.6. The summed E-state index contributed by atoms with van der Waals surface area (Å²) in [5.74, 6) is 1.54. The van der Waals surface area contributed by atoms with E-state index >= 15 is 0 Å². The lowest BCUT2D eigenvalue weighted by molar-refractivity contribution is 0.263. The average molecular weight is 389 g/mol. The van der Waals surface area contributed by atoms with Crippen molar-refractivity contribution >= 4 is 0 Å². The largest absolute Gasteiger partial charge is 0.491 e. The number of nitriles is 1. The Morgan fingerprint density at radius 2 is 1.41 bits per heavy atom. The fourth-order valence-corrected chi connectivity index (χ4v) is 3.00. The van der Waals surface area contributed by atoms with Gasteiger partial charge in [0, 0.05) is 11.1 Å². The van der Waals surface area contributed by atoms with Crippen LogP contribution in [0.2, 0.25) is 0 Å². The number of ether oxygens (including phenoxy) is 4. The highest BCUT2D eigenvalue weighted by Crippen LogP contribution is 2.31. The molecule has 2 aliphatic heterocycles. The van der Waals surface area contributed by atoms with Crippen molar-refractivity contribution < 1.29 is 18.9 Å². The Kier molecular flexibility index (Phi) is 4.64. The molecule has 0 saturated carbocycles. The molecule has 0 bridgehead atoms. The van der Waals surface area contributed by atoms with E-state index in [1.165, 1.54) is 0 Å². The summed E-state index contributed by atoms with van der Waals surface area (Å²) in [4.78, 5) is 0. The molecule has 0 aliphatic carbocycles. The van der Waals surface area contributed by atoms with E-state index in [2.05, 4.69) is 16.3 Å². The molecule has 1 aromatic heterocycles. The Hall–Kier alpha value is -3.34. The van der Waals surface area contributed by atoms with E-state index in [-0.39, 0.29) is 12.2 Å². The minimum atomic E-state index is 0.215. The third-order valence-electron chi connectivity index (χ3n) is 4.83. The number of rotatable bonds is 8. The molecule has 2 fully saturated rings. The Bertz CT molecular complexity index is 952. The standard InChI is InChI=1S/C22H19N3O4/c23-9-20-21(14-1-5-16(6-2-14)26-10-18-12-28-18)24-25-22(20)15-3-7-17(8-4-15)27-11-19-13-29-19/h1-8,18-19H,10-13H2,(H,24,25). The van der Waals surface area contributed by atoms with Gasteiger partial charge in [-0.25, -0.2) is 0 Å². The number of hydrogen-bond acceptors (Lipinski definition) is 6. The topological polar surface area (TPSA) is 96.0 Å². The molecule has 3 aromatic rings. The number of aromatic amines is 1. The molecule has 2 atom stereocenters. The van der Waals surface area contributed by atoms with E-state index in [0.717, 1.165) is 35.8 Å². The zero-order chi connectivity index (χ0) is 19.6. The first kappa shape index (κ1) is 17.7. The van der Waals surface area contributed by atoms with Crippen molar-refractivity contribution in [1.29, 1.82) is 5.26 Å². The number of aromatic nitrogens is 2. The fraction of sp³-hybridized carbons (Fsp3) is 0.273. The van der Waals surface area contributed by atoms with Gasteiger partial charge in [0.25, 0.3) is 0 Å². The van der Waals surface area contributed by atoms with Crippen molar-refractivity contribution in [2.24, 2.45) is 0 Å². The van der Waals surface area contributed by atoms with E-state index in [0.29, 0.717) is 30.2 Å². The predicted molar refractivity (Wildman–Crippen MR) is 105 cm³/mol. The van der Waals surface area contributed by atoms with E-state index in [1.54, 1.807) is 0 Å². The minimum Gasteiger partial charge on any atom is -0.491 e. The molecule has 2 aliphatic rings. The molecule has 0 amide bonds. The van der Waals surface area contributed by atoms with Gasteiger partial charge in [-0.1, -0.05) is 0 Å². The van der Waals surface area contributed by atoms with Crippen LogP contribution in [0.5, 0.6) is 11.5 Å². The summed E-state index contributed by atoms with van der Waals surface area (Å²) in [5, 5.41) is 17.1. The third-order valence-corrected chi connectivity index (χ3v) is 4.83. The second-order valence-corrected chi connectivity index (χ2v) is 7.02. The highest BCUT2D eigenvalue weighted by molar-refractivity contribution is 5.78. The van der Waals surface area contributed by atoms with Gasteiger partial charge >= 0.3 is 0 Å². The second kappa shape index (κ2) is 7.59. The summed E-state index contributed by atoms with van der Waals surface area (Å²) in [6.07, 6.45) is 0.432. The van der Waals surface area contributed by atoms with Crippen molar-refractivity contribution in [3.8, 4) is 40.1 Å². The number of nitrogens with one attached hydrogen (secondary N) is 1. The van der Waals surface area contributed by atoms with Gasteiger partial charge in [-0.15, -0.1) is 0 Å². The van der Waals surface area contributed by atoms with Crippen LogP contribution in [0, 0.1) is 11.3 Å². The maximum atomic E-state index is 9.74. The zero-order valence-electron chi connectivity index (χ0n) is 15.6. The molecule has 5 rings (SSSR count). The first-order chi connectivity index (χ1) is 14.3. The van der Waals surface area contributed by atoms with Gasteiger partial charge in [-0.2, -0.15) is 10.4 Å². The van der Waals surface area contributed by atoms with Crippen molar-refractivity contribution in [2.75, 3.05) is 26.4 Å². The molecule has 2 aromatic carbocycles. The van der Waals surface area contributed by atoms with Crippen LogP contribution in [0.1, 0.15) is 5.56 Å². The van der Waals surface area contributed by atoms with Crippen molar-refractivity contribution in [1.82, 2.24) is 10.2 Å². The maximum Gasteiger partial charge on any atom is 0.119 e. The van der Waals surface area contributed by atoms with Gasteiger partial charge < -0.3 is 18.9 Å². The van der Waals surface area contributed by atoms with Crippen LogP contribution in [0.4, 0.5) is 0 Å². The van der Waals surface area contributed by atoms with Crippen LogP contribution in [0.15, 0.2) is 48.5 Å². The highest BCUT2D eigenvalue weighted by Gasteiger charge is 2.24. The molecule has 7 nitrogen and oxygen atoms in total. The highest BCUT2D eigenvalue weighted by atomic mass is 16.6. The van der Waals surface area contributed by atoms with E-state index in [1.807, 2.05) is 48.5 Å². The quantitative estimate of drug-likeness (QED) is 0.595. The van der Waals surface area contributed by atoms with Gasteiger partial charge in [0.2, 0.25) is 0 Å². The summed E-state index contributed by atoms with van der Waals surface area (Å²) in [5.41, 5.74) is 3.53. The van der Waals surface area contributed by atoms with Crippen LogP contribution >= 0.6 is 0 Å². The molecule has 0 spiro atoms. The lowest BCUT2D eigenvalue weighted by Gasteiger charge is -2.06. The molecule has 0 radical (unpaired) electrons. The van der Waals surface area contributed by atoms with Gasteiger partial charge in [0.1, 0.15) is 54.2 Å². The van der Waals surface area contributed by atoms with E-state index in [4.69, 9.17) is 18.9 Å². The van der Waals surface area contributed by atoms with E-state index < -0.39 is 0 Å². The van der Waals surface area contributed by atoms with Crippen LogP contribution in [0.3, 0.4) is 0 Å². The van der Waals surface area contributed by atoms with Gasteiger partial charge in [-0.05, 0) is 48.5 Å². The summed E-state index contributed by atoms with van der Waals surface area (Å²) >= 11 is 0. The fourth-order valence-electron chi connectivity index (χ4n) is 3.00. The van der Waals surface area contributed by atoms with Crippen LogP contribution in [-0.2, 0) is 9.47 Å². The molecule has 29 heavy (non-hydrogen) atoms. The monoisotopic (exact) mass is 389 g/mol. The first-order valence-corrected chi connectivity index (χ1v) is 9.48. The van der Waals surface area contributed by atoms with Crippen LogP contribution in [0.25, 0.3) is 22.5 Å². The van der Waals surface area contributed by atoms with Crippen molar-refractivity contribution in [3.05, 3.63) is 54.1 Å².